The van der Waals surface area contributed by atoms with Gasteiger partial charge in [-0.05, 0) is 76.7 Å². The van der Waals surface area contributed by atoms with Crippen molar-refractivity contribution in [2.75, 3.05) is 4.90 Å². The van der Waals surface area contributed by atoms with Gasteiger partial charge in [-0.25, -0.2) is 0 Å². The quantitative estimate of drug-likeness (QED) is 0.168. The maximum Gasteiger partial charge on any atom is 0.143 e. The molecule has 62 heavy (non-hydrogen) atoms. The highest BCUT2D eigenvalue weighted by Crippen LogP contribution is 2.44. The second-order valence-electron chi connectivity index (χ2n) is 16.0. The van der Waals surface area contributed by atoms with Gasteiger partial charge in [0.15, 0.2) is 0 Å². The van der Waals surface area contributed by atoms with Gasteiger partial charge in [0.05, 0.1) is 0 Å². The number of nitrogens with zero attached hydrogens (tertiary/aromatic N) is 1. The van der Waals surface area contributed by atoms with E-state index in [1.807, 2.05) is 24.3 Å². The molecule has 0 aliphatic rings. The van der Waals surface area contributed by atoms with Crippen molar-refractivity contribution in [3.8, 4) is 33.4 Å². The third-order valence-corrected chi connectivity index (χ3v) is 12.5. The van der Waals surface area contributed by atoms with Crippen molar-refractivity contribution in [2.24, 2.45) is 0 Å². The standard InChI is InChI=1S/C58H35NO3/c1-2-14-43-36(11-1)29-34-52-51-22-10-19-46(58(51)62-57(43)52)39-12-7-13-42(35-39)59(40-30-25-37(26-31-40)44-17-8-20-49-47-15-3-5-23-53(47)60-55(44)49)41-32-27-38(28-33-41)45-18-9-21-50-48-16-4-6-24-54(48)61-56(45)50/h1-35H. The molecule has 0 N–H and O–H groups in total. The van der Waals surface area contributed by atoms with Crippen LogP contribution in [0.25, 0.3) is 110 Å². The van der Waals surface area contributed by atoms with Crippen molar-refractivity contribution in [1.29, 1.82) is 0 Å². The van der Waals surface area contributed by atoms with E-state index >= 15 is 0 Å². The fraction of sp³-hybridized carbons (Fsp3) is 0. The smallest absolute Gasteiger partial charge is 0.143 e. The normalized spacial score (nSPS) is 11.9. The van der Waals surface area contributed by atoms with Gasteiger partial charge in [-0.2, -0.15) is 0 Å². The zero-order valence-electron chi connectivity index (χ0n) is 33.4. The van der Waals surface area contributed by atoms with Crippen LogP contribution in [0.3, 0.4) is 0 Å². The largest absolute Gasteiger partial charge is 0.455 e. The summed E-state index contributed by atoms with van der Waals surface area (Å²) in [5.74, 6) is 0. The SMILES string of the molecule is c1cc(-c2cccc3c2oc2c4ccccc4ccc32)cc(N(c2ccc(-c3cccc4c3oc3ccccc34)cc2)c2ccc(-c3cccc4c3oc3ccccc34)cc2)c1. The lowest BCUT2D eigenvalue weighted by atomic mass is 9.99. The Labute approximate surface area is 356 Å². The average molecular weight is 794 g/mol. The molecule has 0 saturated carbocycles. The minimum atomic E-state index is 0.885. The number of anilines is 3. The lowest BCUT2D eigenvalue weighted by molar-refractivity contribution is 0.669. The van der Waals surface area contributed by atoms with E-state index in [9.17, 15) is 0 Å². The number of benzene rings is 10. The molecule has 0 radical (unpaired) electrons. The zero-order valence-corrected chi connectivity index (χ0v) is 33.4. The molecule has 0 bridgehead atoms. The maximum atomic E-state index is 6.80. The predicted octanol–water partition coefficient (Wildman–Crippen LogP) is 17.0. The Balaban J connectivity index is 0.947. The summed E-state index contributed by atoms with van der Waals surface area (Å²) >= 11 is 0. The first-order valence-electron chi connectivity index (χ1n) is 21.0. The van der Waals surface area contributed by atoms with Gasteiger partial charge < -0.3 is 18.2 Å². The Morgan fingerprint density at radius 2 is 0.710 bits per heavy atom. The Morgan fingerprint density at radius 1 is 0.258 bits per heavy atom. The third-order valence-electron chi connectivity index (χ3n) is 12.5. The van der Waals surface area contributed by atoms with Crippen molar-refractivity contribution in [2.45, 2.75) is 0 Å². The molecule has 4 nitrogen and oxygen atoms in total. The van der Waals surface area contributed by atoms with Crippen LogP contribution in [0.1, 0.15) is 0 Å². The van der Waals surface area contributed by atoms with Crippen molar-refractivity contribution in [1.82, 2.24) is 0 Å². The molecule has 0 amide bonds. The summed E-state index contributed by atoms with van der Waals surface area (Å²) in [4.78, 5) is 2.33. The van der Waals surface area contributed by atoms with E-state index in [0.29, 0.717) is 0 Å². The van der Waals surface area contributed by atoms with Crippen LogP contribution in [0, 0.1) is 0 Å². The molecular formula is C58H35NO3. The first kappa shape index (κ1) is 34.5. The highest BCUT2D eigenvalue weighted by Gasteiger charge is 2.19. The molecular weight excluding hydrogens is 759 g/mol. The first-order chi connectivity index (χ1) is 30.7. The molecule has 4 heteroatoms. The van der Waals surface area contributed by atoms with E-state index in [2.05, 4.69) is 193 Å². The summed E-state index contributed by atoms with van der Waals surface area (Å²) in [6.45, 7) is 0. The van der Waals surface area contributed by atoms with Gasteiger partial charge in [0.1, 0.15) is 33.5 Å². The molecule has 0 aliphatic carbocycles. The molecule has 0 fully saturated rings. The lowest BCUT2D eigenvalue weighted by Gasteiger charge is -2.26. The lowest BCUT2D eigenvalue weighted by Crippen LogP contribution is -2.10. The van der Waals surface area contributed by atoms with E-state index in [4.69, 9.17) is 13.3 Å². The second kappa shape index (κ2) is 13.6. The number of hydrogen-bond donors (Lipinski definition) is 0. The fourth-order valence-electron chi connectivity index (χ4n) is 9.54. The van der Waals surface area contributed by atoms with Crippen LogP contribution in [0.2, 0.25) is 0 Å². The molecule has 3 aromatic heterocycles. The van der Waals surface area contributed by atoms with Crippen LogP contribution in [-0.2, 0) is 0 Å². The predicted molar refractivity (Wildman–Crippen MR) is 257 cm³/mol. The molecule has 3 heterocycles. The number of rotatable bonds is 6. The maximum absolute atomic E-state index is 6.80. The summed E-state index contributed by atoms with van der Waals surface area (Å²) in [5, 5.41) is 8.99. The van der Waals surface area contributed by atoms with E-state index in [-0.39, 0.29) is 0 Å². The molecule has 0 atom stereocenters. The Kier molecular flexibility index (Phi) is 7.57. The van der Waals surface area contributed by atoms with E-state index < -0.39 is 0 Å². The summed E-state index contributed by atoms with van der Waals surface area (Å²) in [6, 6.07) is 74.9. The molecule has 13 rings (SSSR count). The summed E-state index contributed by atoms with van der Waals surface area (Å²) in [6.07, 6.45) is 0. The highest BCUT2D eigenvalue weighted by atomic mass is 16.3. The Bertz CT molecular complexity index is 3710. The van der Waals surface area contributed by atoms with E-state index in [1.165, 1.54) is 5.39 Å². The number of fused-ring (bicyclic) bond motifs is 11. The second-order valence-corrected chi connectivity index (χ2v) is 16.0. The molecule has 290 valence electrons. The zero-order chi connectivity index (χ0) is 40.7. The van der Waals surface area contributed by atoms with Gasteiger partial charge >= 0.3 is 0 Å². The number of furan rings is 3. The van der Waals surface area contributed by atoms with Gasteiger partial charge in [-0.3, -0.25) is 0 Å². The van der Waals surface area contributed by atoms with Gasteiger partial charge in [0.2, 0.25) is 0 Å². The van der Waals surface area contributed by atoms with Crippen molar-refractivity contribution >= 4 is 93.7 Å². The van der Waals surface area contributed by atoms with Crippen molar-refractivity contribution < 1.29 is 13.3 Å². The van der Waals surface area contributed by atoms with Crippen LogP contribution >= 0.6 is 0 Å². The van der Waals surface area contributed by atoms with Crippen LogP contribution in [0.15, 0.2) is 226 Å². The van der Waals surface area contributed by atoms with Crippen molar-refractivity contribution in [3.63, 3.8) is 0 Å². The van der Waals surface area contributed by atoms with Crippen molar-refractivity contribution in [3.05, 3.63) is 212 Å². The van der Waals surface area contributed by atoms with E-state index in [0.717, 1.165) is 122 Å². The minimum Gasteiger partial charge on any atom is -0.455 e. The number of para-hydroxylation sites is 5. The van der Waals surface area contributed by atoms with Gasteiger partial charge in [0, 0.05) is 71.5 Å². The molecule has 0 spiro atoms. The topological polar surface area (TPSA) is 42.7 Å². The summed E-state index contributed by atoms with van der Waals surface area (Å²) in [7, 11) is 0. The molecule has 0 aliphatic heterocycles. The van der Waals surface area contributed by atoms with Crippen LogP contribution < -0.4 is 4.90 Å². The third kappa shape index (κ3) is 5.33. The van der Waals surface area contributed by atoms with Gasteiger partial charge in [-0.1, -0.05) is 158 Å². The Morgan fingerprint density at radius 3 is 1.31 bits per heavy atom. The van der Waals surface area contributed by atoms with Gasteiger partial charge in [0.25, 0.3) is 0 Å². The highest BCUT2D eigenvalue weighted by molar-refractivity contribution is 6.17. The van der Waals surface area contributed by atoms with Gasteiger partial charge in [-0.15, -0.1) is 0 Å². The van der Waals surface area contributed by atoms with Crippen LogP contribution in [0.4, 0.5) is 17.1 Å². The minimum absolute atomic E-state index is 0.885. The summed E-state index contributed by atoms with van der Waals surface area (Å²) < 4.78 is 19.7. The Hall–Kier alpha value is -8.34. The fourth-order valence-corrected chi connectivity index (χ4v) is 9.54. The molecule has 10 aromatic carbocycles. The molecule has 0 unspecified atom stereocenters. The molecule has 13 aromatic rings. The summed E-state index contributed by atoms with van der Waals surface area (Å²) in [5.41, 5.74) is 14.9. The van der Waals surface area contributed by atoms with Crippen LogP contribution in [-0.4, -0.2) is 0 Å². The molecule has 0 saturated heterocycles. The number of hydrogen-bond acceptors (Lipinski definition) is 4. The monoisotopic (exact) mass is 793 g/mol. The van der Waals surface area contributed by atoms with E-state index in [1.54, 1.807) is 0 Å². The van der Waals surface area contributed by atoms with Crippen LogP contribution in [0.5, 0.6) is 0 Å². The first-order valence-corrected chi connectivity index (χ1v) is 21.0. The average Bonchev–Trinajstić information content (AvgIpc) is 4.04.